The topological polar surface area (TPSA) is 42.9 Å². The SMILES string of the molecule is Cc1ccnc(SCCC2CCCC2=O)n1. The second-order valence-electron chi connectivity index (χ2n) is 4.17. The van der Waals surface area contributed by atoms with Crippen LogP contribution in [0.3, 0.4) is 0 Å². The Labute approximate surface area is 100 Å². The van der Waals surface area contributed by atoms with Crippen molar-refractivity contribution in [2.75, 3.05) is 5.75 Å². The zero-order valence-electron chi connectivity index (χ0n) is 9.48. The van der Waals surface area contributed by atoms with Crippen molar-refractivity contribution in [3.05, 3.63) is 18.0 Å². The fourth-order valence-corrected chi connectivity index (χ4v) is 2.91. The lowest BCUT2D eigenvalue weighted by Gasteiger charge is -2.06. The highest BCUT2D eigenvalue weighted by Crippen LogP contribution is 2.26. The normalized spacial score (nSPS) is 20.3. The van der Waals surface area contributed by atoms with Gasteiger partial charge in [-0.05, 0) is 32.3 Å². The molecular weight excluding hydrogens is 220 g/mol. The number of nitrogens with zero attached hydrogens (tertiary/aromatic N) is 2. The number of ketones is 1. The van der Waals surface area contributed by atoms with Gasteiger partial charge in [-0.25, -0.2) is 9.97 Å². The fourth-order valence-electron chi connectivity index (χ4n) is 1.98. The Balaban J connectivity index is 1.77. The van der Waals surface area contributed by atoms with Crippen LogP contribution in [0.4, 0.5) is 0 Å². The van der Waals surface area contributed by atoms with E-state index in [1.54, 1.807) is 18.0 Å². The number of Topliss-reactive ketones (excluding diaryl/α,β-unsaturated/α-hetero) is 1. The van der Waals surface area contributed by atoms with Crippen molar-refractivity contribution in [3.8, 4) is 0 Å². The van der Waals surface area contributed by atoms with Crippen LogP contribution in [0.5, 0.6) is 0 Å². The molecule has 1 heterocycles. The van der Waals surface area contributed by atoms with Crippen LogP contribution in [0.2, 0.25) is 0 Å². The summed E-state index contributed by atoms with van der Waals surface area (Å²) in [6.45, 7) is 1.96. The molecule has 1 aromatic rings. The standard InChI is InChI=1S/C12H16N2OS/c1-9-5-7-13-12(14-9)16-8-6-10-3-2-4-11(10)15/h5,7,10H,2-4,6,8H2,1H3. The molecule has 0 saturated heterocycles. The minimum absolute atomic E-state index is 0.303. The lowest BCUT2D eigenvalue weighted by molar-refractivity contribution is -0.120. The molecule has 86 valence electrons. The number of thioether (sulfide) groups is 1. The first-order valence-electron chi connectivity index (χ1n) is 5.71. The molecule has 16 heavy (non-hydrogen) atoms. The smallest absolute Gasteiger partial charge is 0.187 e. The molecule has 1 aliphatic rings. The van der Waals surface area contributed by atoms with E-state index >= 15 is 0 Å². The highest BCUT2D eigenvalue weighted by molar-refractivity contribution is 7.99. The van der Waals surface area contributed by atoms with Gasteiger partial charge in [-0.2, -0.15) is 0 Å². The number of aromatic nitrogens is 2. The Kier molecular flexibility index (Phi) is 3.93. The molecule has 1 fully saturated rings. The first kappa shape index (κ1) is 11.6. The molecule has 0 amide bonds. The van der Waals surface area contributed by atoms with Gasteiger partial charge in [0.2, 0.25) is 0 Å². The van der Waals surface area contributed by atoms with Crippen LogP contribution in [0, 0.1) is 12.8 Å². The predicted octanol–water partition coefficient (Wildman–Crippen LogP) is 2.64. The van der Waals surface area contributed by atoms with Gasteiger partial charge >= 0.3 is 0 Å². The molecule has 1 saturated carbocycles. The van der Waals surface area contributed by atoms with E-state index in [1.165, 1.54) is 0 Å². The Morgan fingerprint density at radius 3 is 3.12 bits per heavy atom. The predicted molar refractivity (Wildman–Crippen MR) is 64.5 cm³/mol. The number of carbonyl (C=O) groups excluding carboxylic acids is 1. The van der Waals surface area contributed by atoms with Crippen LogP contribution in [-0.4, -0.2) is 21.5 Å². The molecule has 0 aromatic carbocycles. The maximum Gasteiger partial charge on any atom is 0.187 e. The summed E-state index contributed by atoms with van der Waals surface area (Å²) in [6, 6.07) is 1.89. The van der Waals surface area contributed by atoms with Gasteiger partial charge in [0.15, 0.2) is 5.16 Å². The highest BCUT2D eigenvalue weighted by atomic mass is 32.2. The number of aryl methyl sites for hydroxylation is 1. The summed E-state index contributed by atoms with van der Waals surface area (Å²) in [4.78, 5) is 19.9. The second-order valence-corrected chi connectivity index (χ2v) is 5.24. The van der Waals surface area contributed by atoms with Gasteiger partial charge in [0.25, 0.3) is 0 Å². The van der Waals surface area contributed by atoms with Crippen molar-refractivity contribution in [2.24, 2.45) is 5.92 Å². The van der Waals surface area contributed by atoms with Crippen molar-refractivity contribution < 1.29 is 4.79 Å². The lowest BCUT2D eigenvalue weighted by atomic mass is 10.1. The molecule has 1 aliphatic carbocycles. The highest BCUT2D eigenvalue weighted by Gasteiger charge is 2.23. The summed E-state index contributed by atoms with van der Waals surface area (Å²) in [5.74, 6) is 1.70. The third-order valence-corrected chi connectivity index (χ3v) is 3.80. The third kappa shape index (κ3) is 3.04. The van der Waals surface area contributed by atoms with Gasteiger partial charge in [-0.1, -0.05) is 11.8 Å². The second kappa shape index (κ2) is 5.43. The summed E-state index contributed by atoms with van der Waals surface area (Å²) < 4.78 is 0. The maximum absolute atomic E-state index is 11.4. The number of carbonyl (C=O) groups is 1. The lowest BCUT2D eigenvalue weighted by Crippen LogP contribution is -2.07. The van der Waals surface area contributed by atoms with Gasteiger partial charge in [0.1, 0.15) is 5.78 Å². The zero-order chi connectivity index (χ0) is 11.4. The molecule has 0 spiro atoms. The molecule has 1 unspecified atom stereocenters. The van der Waals surface area contributed by atoms with Crippen LogP contribution >= 0.6 is 11.8 Å². The molecule has 0 aliphatic heterocycles. The fraction of sp³-hybridized carbons (Fsp3) is 0.583. The maximum atomic E-state index is 11.4. The van der Waals surface area contributed by atoms with E-state index < -0.39 is 0 Å². The van der Waals surface area contributed by atoms with Crippen LogP contribution in [0.15, 0.2) is 17.4 Å². The van der Waals surface area contributed by atoms with E-state index in [1.807, 2.05) is 13.0 Å². The number of hydrogen-bond acceptors (Lipinski definition) is 4. The van der Waals surface area contributed by atoms with Crippen molar-refractivity contribution in [1.29, 1.82) is 0 Å². The summed E-state index contributed by atoms with van der Waals surface area (Å²) >= 11 is 1.65. The molecule has 1 aromatic heterocycles. The van der Waals surface area contributed by atoms with Crippen LogP contribution in [-0.2, 0) is 4.79 Å². The molecular formula is C12H16N2OS. The van der Waals surface area contributed by atoms with Gasteiger partial charge < -0.3 is 0 Å². The molecule has 0 N–H and O–H groups in total. The largest absolute Gasteiger partial charge is 0.299 e. The Morgan fingerprint density at radius 1 is 1.56 bits per heavy atom. The Morgan fingerprint density at radius 2 is 2.44 bits per heavy atom. The van der Waals surface area contributed by atoms with Gasteiger partial charge in [0.05, 0.1) is 0 Å². The first-order valence-corrected chi connectivity index (χ1v) is 6.69. The summed E-state index contributed by atoms with van der Waals surface area (Å²) in [7, 11) is 0. The molecule has 2 rings (SSSR count). The van der Waals surface area contributed by atoms with Crippen LogP contribution in [0.1, 0.15) is 31.4 Å². The van der Waals surface area contributed by atoms with Gasteiger partial charge in [-0.3, -0.25) is 4.79 Å². The zero-order valence-corrected chi connectivity index (χ0v) is 10.3. The molecule has 4 heteroatoms. The van der Waals surface area contributed by atoms with Crippen molar-refractivity contribution in [2.45, 2.75) is 37.8 Å². The number of rotatable bonds is 4. The Hall–Kier alpha value is -0.900. The number of hydrogen-bond donors (Lipinski definition) is 0. The first-order chi connectivity index (χ1) is 7.75. The van der Waals surface area contributed by atoms with E-state index in [0.717, 1.165) is 42.3 Å². The molecule has 0 bridgehead atoms. The van der Waals surface area contributed by atoms with E-state index in [-0.39, 0.29) is 0 Å². The van der Waals surface area contributed by atoms with Gasteiger partial charge in [0, 0.05) is 30.0 Å². The van der Waals surface area contributed by atoms with Crippen LogP contribution in [0.25, 0.3) is 0 Å². The van der Waals surface area contributed by atoms with Crippen molar-refractivity contribution >= 4 is 17.5 Å². The minimum atomic E-state index is 0.303. The minimum Gasteiger partial charge on any atom is -0.299 e. The van der Waals surface area contributed by atoms with Gasteiger partial charge in [-0.15, -0.1) is 0 Å². The van der Waals surface area contributed by atoms with E-state index in [4.69, 9.17) is 0 Å². The van der Waals surface area contributed by atoms with Crippen LogP contribution < -0.4 is 0 Å². The third-order valence-electron chi connectivity index (χ3n) is 2.90. The molecule has 1 atom stereocenters. The van der Waals surface area contributed by atoms with E-state index in [9.17, 15) is 4.79 Å². The van der Waals surface area contributed by atoms with Crippen molar-refractivity contribution in [1.82, 2.24) is 9.97 Å². The van der Waals surface area contributed by atoms with E-state index in [0.29, 0.717) is 11.7 Å². The quantitative estimate of drug-likeness (QED) is 0.595. The molecule has 3 nitrogen and oxygen atoms in total. The monoisotopic (exact) mass is 236 g/mol. The van der Waals surface area contributed by atoms with E-state index in [2.05, 4.69) is 9.97 Å². The average molecular weight is 236 g/mol. The molecule has 0 radical (unpaired) electrons. The van der Waals surface area contributed by atoms with Crippen molar-refractivity contribution in [3.63, 3.8) is 0 Å². The Bertz CT molecular complexity index is 381. The summed E-state index contributed by atoms with van der Waals surface area (Å²) in [5, 5.41) is 0.824. The summed E-state index contributed by atoms with van der Waals surface area (Å²) in [5.41, 5.74) is 0.995. The summed E-state index contributed by atoms with van der Waals surface area (Å²) in [6.07, 6.45) is 5.70. The average Bonchev–Trinajstić information content (AvgIpc) is 2.65.